The first-order chi connectivity index (χ1) is 10.2. The van der Waals surface area contributed by atoms with Crippen LogP contribution in [0.25, 0.3) is 0 Å². The van der Waals surface area contributed by atoms with Gasteiger partial charge in [-0.25, -0.2) is 9.97 Å². The molecule has 0 bridgehead atoms. The molecule has 2 atom stereocenters. The van der Waals surface area contributed by atoms with Crippen molar-refractivity contribution in [1.29, 1.82) is 5.26 Å². The zero-order valence-electron chi connectivity index (χ0n) is 12.2. The lowest BCUT2D eigenvalue weighted by molar-refractivity contribution is -0.199. The lowest BCUT2D eigenvalue weighted by Crippen LogP contribution is -2.62. The Balaban J connectivity index is 1.72. The van der Waals surface area contributed by atoms with Gasteiger partial charge in [0.15, 0.2) is 11.5 Å². The fraction of sp³-hybridized carbons (Fsp3) is 0.667. The van der Waals surface area contributed by atoms with Crippen molar-refractivity contribution in [1.82, 2.24) is 9.97 Å². The molecule has 0 unspecified atom stereocenters. The number of aliphatic hydroxyl groups is 1. The third-order valence-electron chi connectivity index (χ3n) is 4.89. The highest BCUT2D eigenvalue weighted by Crippen LogP contribution is 2.51. The van der Waals surface area contributed by atoms with E-state index in [0.717, 1.165) is 32.4 Å². The summed E-state index contributed by atoms with van der Waals surface area (Å²) in [5, 5.41) is 19.3. The molecule has 6 heteroatoms. The first-order valence-corrected chi connectivity index (χ1v) is 7.47. The summed E-state index contributed by atoms with van der Waals surface area (Å²) in [6.07, 6.45) is 5.50. The molecular formula is C15H20N4O2. The van der Waals surface area contributed by atoms with E-state index in [1.165, 1.54) is 6.20 Å². The molecule has 3 rings (SSSR count). The molecule has 1 N–H and O–H groups in total. The van der Waals surface area contributed by atoms with Gasteiger partial charge in [0.1, 0.15) is 6.07 Å². The fourth-order valence-corrected chi connectivity index (χ4v) is 3.59. The summed E-state index contributed by atoms with van der Waals surface area (Å²) in [6.45, 7) is 4.22. The van der Waals surface area contributed by atoms with E-state index < -0.39 is 0 Å². The van der Waals surface area contributed by atoms with E-state index in [2.05, 4.69) is 20.9 Å². The number of aromatic nitrogens is 2. The van der Waals surface area contributed by atoms with Gasteiger partial charge in [0.05, 0.1) is 12.2 Å². The molecule has 1 aliphatic carbocycles. The molecule has 2 heterocycles. The summed E-state index contributed by atoms with van der Waals surface area (Å²) in [5.74, 6) is 0.650. The normalized spacial score (nSPS) is 27.2. The van der Waals surface area contributed by atoms with Crippen molar-refractivity contribution in [3.05, 3.63) is 18.1 Å². The van der Waals surface area contributed by atoms with Crippen molar-refractivity contribution in [2.45, 2.75) is 38.4 Å². The van der Waals surface area contributed by atoms with Crippen LogP contribution in [-0.2, 0) is 4.74 Å². The van der Waals surface area contributed by atoms with Gasteiger partial charge in [-0.1, -0.05) is 0 Å². The lowest BCUT2D eigenvalue weighted by Gasteiger charge is -2.56. The monoisotopic (exact) mass is 288 g/mol. The summed E-state index contributed by atoms with van der Waals surface area (Å²) in [6, 6.07) is 2.09. The van der Waals surface area contributed by atoms with Crippen molar-refractivity contribution in [2.24, 2.45) is 5.41 Å². The number of piperidine rings is 1. The smallest absolute Gasteiger partial charge is 0.183 e. The van der Waals surface area contributed by atoms with E-state index in [9.17, 15) is 5.11 Å². The van der Waals surface area contributed by atoms with E-state index in [1.807, 2.05) is 6.92 Å². The van der Waals surface area contributed by atoms with E-state index in [1.54, 1.807) is 6.20 Å². The Hall–Kier alpha value is -1.71. The zero-order chi connectivity index (χ0) is 14.9. The molecule has 1 spiro atoms. The molecule has 0 aromatic carbocycles. The Morgan fingerprint density at radius 1 is 1.43 bits per heavy atom. The first-order valence-electron chi connectivity index (χ1n) is 7.47. The van der Waals surface area contributed by atoms with Gasteiger partial charge in [-0.05, 0) is 19.8 Å². The Morgan fingerprint density at radius 3 is 2.76 bits per heavy atom. The van der Waals surface area contributed by atoms with Crippen molar-refractivity contribution in [3.8, 4) is 6.07 Å². The first kappa shape index (κ1) is 14.2. The Labute approximate surface area is 124 Å². The van der Waals surface area contributed by atoms with Crippen LogP contribution in [0, 0.1) is 16.7 Å². The summed E-state index contributed by atoms with van der Waals surface area (Å²) in [4.78, 5) is 10.4. The van der Waals surface area contributed by atoms with Gasteiger partial charge in [-0.15, -0.1) is 0 Å². The standard InChI is InChI=1S/C15H20N4O2/c1-2-21-13-9-12(20)15(13)3-7-19(8-4-15)14-11(10-16)17-5-6-18-14/h5-6,12-13,20H,2-4,7-9H2,1H3/t12-,13-/m0/s1. The molecule has 0 amide bonds. The van der Waals surface area contributed by atoms with Crippen LogP contribution < -0.4 is 4.90 Å². The summed E-state index contributed by atoms with van der Waals surface area (Å²) >= 11 is 0. The minimum absolute atomic E-state index is 0.110. The molecular weight excluding hydrogens is 268 g/mol. The van der Waals surface area contributed by atoms with Crippen LogP contribution >= 0.6 is 0 Å². The maximum Gasteiger partial charge on any atom is 0.183 e. The summed E-state index contributed by atoms with van der Waals surface area (Å²) < 4.78 is 5.77. The average Bonchev–Trinajstić information content (AvgIpc) is 2.55. The van der Waals surface area contributed by atoms with Gasteiger partial charge in [0.2, 0.25) is 0 Å². The second-order valence-corrected chi connectivity index (χ2v) is 5.76. The van der Waals surface area contributed by atoms with E-state index >= 15 is 0 Å². The van der Waals surface area contributed by atoms with Gasteiger partial charge < -0.3 is 14.7 Å². The van der Waals surface area contributed by atoms with Gasteiger partial charge in [-0.2, -0.15) is 5.26 Å². The Morgan fingerprint density at radius 2 is 2.14 bits per heavy atom. The SMILES string of the molecule is CCO[C@H]1C[C@H](O)C12CCN(c1nccnc1C#N)CC2. The third-order valence-corrected chi connectivity index (χ3v) is 4.89. The molecule has 2 fully saturated rings. The Bertz CT molecular complexity index is 547. The third kappa shape index (κ3) is 2.27. The molecule has 1 saturated carbocycles. The number of hydrogen-bond acceptors (Lipinski definition) is 6. The number of ether oxygens (including phenoxy) is 1. The molecule has 2 aliphatic rings. The molecule has 21 heavy (non-hydrogen) atoms. The van der Waals surface area contributed by atoms with Crippen LogP contribution in [-0.4, -0.2) is 47.0 Å². The number of nitriles is 1. The highest BCUT2D eigenvalue weighted by atomic mass is 16.5. The van der Waals surface area contributed by atoms with Crippen molar-refractivity contribution < 1.29 is 9.84 Å². The highest BCUT2D eigenvalue weighted by molar-refractivity contribution is 5.49. The maximum absolute atomic E-state index is 10.2. The largest absolute Gasteiger partial charge is 0.392 e. The number of anilines is 1. The van der Waals surface area contributed by atoms with Crippen LogP contribution in [0.15, 0.2) is 12.4 Å². The predicted octanol–water partition coefficient (Wildman–Crippen LogP) is 1.10. The second-order valence-electron chi connectivity index (χ2n) is 5.76. The predicted molar refractivity (Wildman–Crippen MR) is 76.7 cm³/mol. The quantitative estimate of drug-likeness (QED) is 0.897. The number of nitrogens with zero attached hydrogens (tertiary/aromatic N) is 4. The molecule has 0 radical (unpaired) electrons. The minimum Gasteiger partial charge on any atom is -0.392 e. The fourth-order valence-electron chi connectivity index (χ4n) is 3.59. The molecule has 1 aliphatic heterocycles. The van der Waals surface area contributed by atoms with Crippen LogP contribution in [0.5, 0.6) is 0 Å². The van der Waals surface area contributed by atoms with E-state index in [0.29, 0.717) is 18.1 Å². The molecule has 1 saturated heterocycles. The Kier molecular flexibility index (Phi) is 3.79. The van der Waals surface area contributed by atoms with Crippen molar-refractivity contribution in [2.75, 3.05) is 24.6 Å². The minimum atomic E-state index is -0.270. The maximum atomic E-state index is 10.2. The van der Waals surface area contributed by atoms with Crippen LogP contribution in [0.3, 0.4) is 0 Å². The number of aliphatic hydroxyl groups excluding tert-OH is 1. The van der Waals surface area contributed by atoms with E-state index in [-0.39, 0.29) is 17.6 Å². The van der Waals surface area contributed by atoms with Gasteiger partial charge in [-0.3, -0.25) is 0 Å². The van der Waals surface area contributed by atoms with Gasteiger partial charge in [0, 0.05) is 43.9 Å². The topological polar surface area (TPSA) is 82.3 Å². The van der Waals surface area contributed by atoms with Crippen LogP contribution in [0.1, 0.15) is 31.9 Å². The van der Waals surface area contributed by atoms with Gasteiger partial charge in [0.25, 0.3) is 0 Å². The lowest BCUT2D eigenvalue weighted by atomic mass is 9.58. The van der Waals surface area contributed by atoms with Crippen LogP contribution in [0.4, 0.5) is 5.82 Å². The van der Waals surface area contributed by atoms with Gasteiger partial charge >= 0.3 is 0 Å². The van der Waals surface area contributed by atoms with Crippen molar-refractivity contribution >= 4 is 5.82 Å². The molecule has 112 valence electrons. The molecule has 1 aromatic rings. The average molecular weight is 288 g/mol. The van der Waals surface area contributed by atoms with E-state index in [4.69, 9.17) is 10.00 Å². The highest BCUT2D eigenvalue weighted by Gasteiger charge is 2.56. The second kappa shape index (κ2) is 5.58. The molecule has 1 aromatic heterocycles. The van der Waals surface area contributed by atoms with Crippen LogP contribution in [0.2, 0.25) is 0 Å². The van der Waals surface area contributed by atoms with Crippen molar-refractivity contribution in [3.63, 3.8) is 0 Å². The summed E-state index contributed by atoms with van der Waals surface area (Å²) in [5.41, 5.74) is 0.255. The number of hydrogen-bond donors (Lipinski definition) is 1. The summed E-state index contributed by atoms with van der Waals surface area (Å²) in [7, 11) is 0. The molecule has 6 nitrogen and oxygen atoms in total. The zero-order valence-corrected chi connectivity index (χ0v) is 12.2. The number of rotatable bonds is 3.